The number of fused-ring (bicyclic) bond motifs is 6. The molecule has 5 aromatic carbocycles. The molecule has 0 radical (unpaired) electrons. The van der Waals surface area contributed by atoms with E-state index in [0.717, 1.165) is 5.46 Å². The zero-order valence-electron chi connectivity index (χ0n) is 22.3. The van der Waals surface area contributed by atoms with E-state index in [2.05, 4.69) is 117 Å². The molecule has 0 atom stereocenters. The number of benzene rings is 5. The molecule has 0 amide bonds. The van der Waals surface area contributed by atoms with Crippen molar-refractivity contribution >= 4 is 93.0 Å². The Morgan fingerprint density at radius 3 is 2.08 bits per heavy atom. The number of aromatic nitrogens is 1. The largest absolute Gasteiger partial charge is 0.494 e. The molecule has 8 aromatic rings. The summed E-state index contributed by atoms with van der Waals surface area (Å²) in [4.78, 5) is 0. The maximum Gasteiger partial charge on any atom is 0.494 e. The summed E-state index contributed by atoms with van der Waals surface area (Å²) in [5.41, 5.74) is 4.08. The van der Waals surface area contributed by atoms with Crippen LogP contribution in [0.15, 0.2) is 84.9 Å². The maximum absolute atomic E-state index is 6.53. The van der Waals surface area contributed by atoms with Crippen molar-refractivity contribution in [3.8, 4) is 0 Å². The van der Waals surface area contributed by atoms with Crippen molar-refractivity contribution in [2.24, 2.45) is 0 Å². The predicted molar refractivity (Wildman–Crippen MR) is 167 cm³/mol. The highest BCUT2D eigenvalue weighted by molar-refractivity contribution is 7.26. The van der Waals surface area contributed by atoms with E-state index in [1.165, 1.54) is 69.0 Å². The van der Waals surface area contributed by atoms with Crippen molar-refractivity contribution in [1.82, 2.24) is 4.40 Å². The topological polar surface area (TPSA) is 22.9 Å². The molecule has 3 aromatic heterocycles. The van der Waals surface area contributed by atoms with Crippen LogP contribution in [0.25, 0.3) is 69.0 Å². The molecule has 1 aliphatic rings. The zero-order valence-corrected chi connectivity index (χ0v) is 23.1. The maximum atomic E-state index is 6.53. The highest BCUT2D eigenvalue weighted by atomic mass is 32.1. The molecule has 39 heavy (non-hydrogen) atoms. The molecule has 3 nitrogen and oxygen atoms in total. The van der Waals surface area contributed by atoms with Crippen LogP contribution in [0.5, 0.6) is 0 Å². The highest BCUT2D eigenvalue weighted by Gasteiger charge is 2.51. The lowest BCUT2D eigenvalue weighted by molar-refractivity contribution is 0.00578. The van der Waals surface area contributed by atoms with Gasteiger partial charge in [0.05, 0.1) is 27.8 Å². The fourth-order valence-corrected chi connectivity index (χ4v) is 7.88. The lowest BCUT2D eigenvalue weighted by atomic mass is 9.78. The monoisotopic (exact) mass is 523 g/mol. The molecule has 5 heteroatoms. The third-order valence-corrected chi connectivity index (χ3v) is 10.4. The summed E-state index contributed by atoms with van der Waals surface area (Å²) in [6, 6.07) is 31.5. The minimum absolute atomic E-state index is 0.386. The van der Waals surface area contributed by atoms with Gasteiger partial charge in [-0.1, -0.05) is 54.6 Å². The molecule has 0 spiro atoms. The lowest BCUT2D eigenvalue weighted by Gasteiger charge is -2.32. The Hall–Kier alpha value is -3.64. The summed E-state index contributed by atoms with van der Waals surface area (Å²) in [5.74, 6) is 0. The molecule has 0 bridgehead atoms. The summed E-state index contributed by atoms with van der Waals surface area (Å²) in [7, 11) is -0.404. The van der Waals surface area contributed by atoms with E-state index in [-0.39, 0.29) is 11.2 Å². The van der Waals surface area contributed by atoms with Gasteiger partial charge in [-0.2, -0.15) is 0 Å². The smallest absolute Gasteiger partial charge is 0.399 e. The molecule has 9 rings (SSSR count). The van der Waals surface area contributed by atoms with Gasteiger partial charge in [0.2, 0.25) is 0 Å². The third-order valence-electron chi connectivity index (χ3n) is 9.31. The van der Waals surface area contributed by atoms with Gasteiger partial charge in [-0.3, -0.25) is 0 Å². The van der Waals surface area contributed by atoms with Gasteiger partial charge in [-0.05, 0) is 79.6 Å². The Morgan fingerprint density at radius 1 is 0.615 bits per heavy atom. The number of thiophene rings is 1. The summed E-state index contributed by atoms with van der Waals surface area (Å²) in [6.45, 7) is 8.48. The normalized spacial score (nSPS) is 17.4. The second-order valence-corrected chi connectivity index (χ2v) is 13.1. The summed E-state index contributed by atoms with van der Waals surface area (Å²) in [6.07, 6.45) is 0. The molecule has 4 heterocycles. The first kappa shape index (κ1) is 22.2. The van der Waals surface area contributed by atoms with E-state index in [1.54, 1.807) is 0 Å². The fraction of sp³-hybridized carbons (Fsp3) is 0.176. The van der Waals surface area contributed by atoms with Crippen molar-refractivity contribution in [1.29, 1.82) is 0 Å². The van der Waals surface area contributed by atoms with Crippen LogP contribution in [0.2, 0.25) is 0 Å². The Balaban J connectivity index is 1.51. The van der Waals surface area contributed by atoms with Gasteiger partial charge in [0.1, 0.15) is 0 Å². The Bertz CT molecular complexity index is 2290. The summed E-state index contributed by atoms with van der Waals surface area (Å²) in [5, 5.41) is 10.3. The molecular weight excluding hydrogens is 497 g/mol. The van der Waals surface area contributed by atoms with Crippen LogP contribution in [0, 0.1) is 0 Å². The molecule has 188 valence electrons. The number of hydrogen-bond donors (Lipinski definition) is 0. The molecule has 1 fully saturated rings. The molecule has 0 unspecified atom stereocenters. The van der Waals surface area contributed by atoms with Crippen LogP contribution in [0.3, 0.4) is 0 Å². The van der Waals surface area contributed by atoms with Gasteiger partial charge in [0, 0.05) is 36.3 Å². The SMILES string of the molecule is CC1(C)OB(c2cc3sc4cccc5c4c3c(c2)c2cccc3c4cc6ccccc6cc4n5c23)OC1(C)C. The standard InChI is InChI=1S/C34H26BNO2S/c1-33(2)34(3,4)38-35(37-33)21-17-25-23-12-7-11-22-24-15-19-9-5-6-10-20(19)16-27(24)36(32(22)23)26-13-8-14-28-31(26)30(25)29(18-21)39-28/h5-18H,1-4H3. The van der Waals surface area contributed by atoms with E-state index in [4.69, 9.17) is 9.31 Å². The Kier molecular flexibility index (Phi) is 4.05. The van der Waals surface area contributed by atoms with Gasteiger partial charge in [-0.15, -0.1) is 11.3 Å². The predicted octanol–water partition coefficient (Wildman–Crippen LogP) is 8.66. The van der Waals surface area contributed by atoms with Crippen molar-refractivity contribution < 1.29 is 9.31 Å². The summed E-state index contributed by atoms with van der Waals surface area (Å²) < 4.78 is 18.2. The van der Waals surface area contributed by atoms with Crippen molar-refractivity contribution in [3.05, 3.63) is 84.9 Å². The van der Waals surface area contributed by atoms with E-state index in [9.17, 15) is 0 Å². The zero-order chi connectivity index (χ0) is 26.3. The molecule has 0 N–H and O–H groups in total. The first-order valence-corrected chi connectivity index (χ1v) is 14.4. The van der Waals surface area contributed by atoms with Crippen LogP contribution in [-0.4, -0.2) is 22.7 Å². The van der Waals surface area contributed by atoms with Gasteiger partial charge in [-0.25, -0.2) is 0 Å². The molecule has 0 saturated carbocycles. The van der Waals surface area contributed by atoms with Crippen LogP contribution >= 0.6 is 11.3 Å². The van der Waals surface area contributed by atoms with Gasteiger partial charge >= 0.3 is 7.12 Å². The van der Waals surface area contributed by atoms with E-state index < -0.39 is 7.12 Å². The minimum Gasteiger partial charge on any atom is -0.399 e. The number of hydrogen-bond acceptors (Lipinski definition) is 3. The first-order chi connectivity index (χ1) is 18.8. The number of para-hydroxylation sites is 1. The molecule has 0 aliphatic carbocycles. The minimum atomic E-state index is -0.404. The van der Waals surface area contributed by atoms with E-state index >= 15 is 0 Å². The summed E-state index contributed by atoms with van der Waals surface area (Å²) >= 11 is 1.86. The van der Waals surface area contributed by atoms with Crippen LogP contribution in [0.1, 0.15) is 27.7 Å². The Morgan fingerprint density at radius 2 is 1.31 bits per heavy atom. The van der Waals surface area contributed by atoms with E-state index in [1.807, 2.05) is 11.3 Å². The molecular formula is C34H26BNO2S. The average molecular weight is 523 g/mol. The quantitative estimate of drug-likeness (QED) is 0.201. The van der Waals surface area contributed by atoms with Crippen LogP contribution < -0.4 is 5.46 Å². The van der Waals surface area contributed by atoms with Crippen molar-refractivity contribution in [3.63, 3.8) is 0 Å². The van der Waals surface area contributed by atoms with Gasteiger partial charge in [0.25, 0.3) is 0 Å². The molecule has 1 aliphatic heterocycles. The Labute approximate surface area is 230 Å². The average Bonchev–Trinajstić information content (AvgIpc) is 3.49. The second-order valence-electron chi connectivity index (χ2n) is 12.0. The number of rotatable bonds is 1. The van der Waals surface area contributed by atoms with Crippen molar-refractivity contribution in [2.45, 2.75) is 38.9 Å². The highest BCUT2D eigenvalue weighted by Crippen LogP contribution is 2.46. The second kappa shape index (κ2) is 7.11. The lowest BCUT2D eigenvalue weighted by Crippen LogP contribution is -2.41. The van der Waals surface area contributed by atoms with Crippen LogP contribution in [0.4, 0.5) is 0 Å². The fourth-order valence-electron chi connectivity index (χ4n) is 6.68. The first-order valence-electron chi connectivity index (χ1n) is 13.6. The molecule has 1 saturated heterocycles. The van der Waals surface area contributed by atoms with E-state index in [0.29, 0.717) is 0 Å². The number of nitrogens with zero attached hydrogens (tertiary/aromatic N) is 1. The van der Waals surface area contributed by atoms with Crippen molar-refractivity contribution in [2.75, 3.05) is 0 Å². The van der Waals surface area contributed by atoms with Gasteiger partial charge < -0.3 is 13.7 Å². The van der Waals surface area contributed by atoms with Crippen LogP contribution in [-0.2, 0) is 9.31 Å². The van der Waals surface area contributed by atoms with Gasteiger partial charge in [0.15, 0.2) is 0 Å². The third kappa shape index (κ3) is 2.75.